The fraction of sp³-hybridized carbons (Fsp3) is 0.121. The smallest absolute Gasteiger partial charge is 0.310 e. The van der Waals surface area contributed by atoms with Gasteiger partial charge in [-0.1, -0.05) is 116 Å². The van der Waals surface area contributed by atoms with Gasteiger partial charge in [0.1, 0.15) is 11.3 Å². The zero-order valence-electron chi connectivity index (χ0n) is 20.2. The van der Waals surface area contributed by atoms with E-state index in [1.165, 1.54) is 5.56 Å². The molecule has 5 rings (SSSR count). The Balaban J connectivity index is 1.42. The molecular formula is C33H28O3. The highest BCUT2D eigenvalue weighted by atomic mass is 16.4. The normalized spacial score (nSPS) is 12.2. The minimum absolute atomic E-state index is 0.456. The molecule has 0 bridgehead atoms. The number of carboxylic acid groups (broad SMARTS) is 1. The third-order valence-corrected chi connectivity index (χ3v) is 6.57. The van der Waals surface area contributed by atoms with Crippen LogP contribution in [0.5, 0.6) is 0 Å². The molecule has 36 heavy (non-hydrogen) atoms. The average molecular weight is 473 g/mol. The fourth-order valence-electron chi connectivity index (χ4n) is 4.55. The van der Waals surface area contributed by atoms with Crippen molar-refractivity contribution >= 4 is 23.0 Å². The van der Waals surface area contributed by atoms with Crippen LogP contribution < -0.4 is 0 Å². The first kappa shape index (κ1) is 23.4. The molecule has 1 heterocycles. The number of carboxylic acids is 1. The molecule has 1 aromatic heterocycles. The number of rotatable bonds is 8. The number of para-hydroxylation sites is 1. The summed E-state index contributed by atoms with van der Waals surface area (Å²) in [6, 6.07) is 35.4. The summed E-state index contributed by atoms with van der Waals surface area (Å²) in [5, 5.41) is 10.4. The second kappa shape index (κ2) is 10.5. The molecule has 0 saturated heterocycles. The minimum Gasteiger partial charge on any atom is -0.481 e. The lowest BCUT2D eigenvalue weighted by atomic mass is 9.96. The summed E-state index contributed by atoms with van der Waals surface area (Å²) >= 11 is 0. The van der Waals surface area contributed by atoms with Gasteiger partial charge in [-0.2, -0.15) is 0 Å². The Morgan fingerprint density at radius 2 is 1.42 bits per heavy atom. The minimum atomic E-state index is -0.789. The van der Waals surface area contributed by atoms with Crippen molar-refractivity contribution in [3.8, 4) is 22.3 Å². The van der Waals surface area contributed by atoms with Crippen LogP contribution >= 0.6 is 0 Å². The van der Waals surface area contributed by atoms with Gasteiger partial charge in [0.25, 0.3) is 0 Å². The largest absolute Gasteiger partial charge is 0.481 e. The molecule has 3 nitrogen and oxygen atoms in total. The number of carbonyl (C=O) groups is 1. The number of fused-ring (bicyclic) bond motifs is 1. The topological polar surface area (TPSA) is 50.4 Å². The Morgan fingerprint density at radius 1 is 0.806 bits per heavy atom. The highest BCUT2D eigenvalue weighted by molar-refractivity contribution is 5.96. The number of aliphatic carboxylic acids is 1. The highest BCUT2D eigenvalue weighted by Crippen LogP contribution is 2.37. The first-order chi connectivity index (χ1) is 17.6. The standard InChI is InChI=1S/C33H28O3/c1-2-25(33(34)35)15-12-23-13-16-26(17-14-23)27-18-20-28(21-19-27)32-29-10-6-7-11-30(29)36-31(32)22-24-8-4-3-5-9-24/h3-21,25H,2,22H2,1H3,(H,34,35). The predicted molar refractivity (Wildman–Crippen MR) is 147 cm³/mol. The summed E-state index contributed by atoms with van der Waals surface area (Å²) in [5.74, 6) is -0.274. The maximum absolute atomic E-state index is 11.2. The molecule has 1 atom stereocenters. The lowest BCUT2D eigenvalue weighted by Gasteiger charge is -2.07. The zero-order valence-corrected chi connectivity index (χ0v) is 20.2. The molecule has 0 aliphatic rings. The Hall–Kier alpha value is -4.37. The summed E-state index contributed by atoms with van der Waals surface area (Å²) in [7, 11) is 0. The van der Waals surface area contributed by atoms with Crippen LogP contribution in [-0.2, 0) is 11.2 Å². The Bertz CT molecular complexity index is 1490. The van der Waals surface area contributed by atoms with Crippen LogP contribution in [0, 0.1) is 5.92 Å². The first-order valence-corrected chi connectivity index (χ1v) is 12.3. The van der Waals surface area contributed by atoms with E-state index in [2.05, 4.69) is 72.8 Å². The molecule has 0 saturated carbocycles. The lowest BCUT2D eigenvalue weighted by Crippen LogP contribution is -2.08. The molecule has 1 N–H and O–H groups in total. The van der Waals surface area contributed by atoms with Gasteiger partial charge in [0, 0.05) is 17.4 Å². The van der Waals surface area contributed by atoms with Crippen molar-refractivity contribution in [2.75, 3.05) is 0 Å². The van der Waals surface area contributed by atoms with Crippen LogP contribution in [0.4, 0.5) is 0 Å². The van der Waals surface area contributed by atoms with Crippen molar-refractivity contribution in [1.82, 2.24) is 0 Å². The van der Waals surface area contributed by atoms with Gasteiger partial charge in [-0.3, -0.25) is 4.79 Å². The molecule has 0 spiro atoms. The van der Waals surface area contributed by atoms with E-state index in [9.17, 15) is 9.90 Å². The van der Waals surface area contributed by atoms with Crippen molar-refractivity contribution in [3.05, 3.63) is 126 Å². The molecule has 0 radical (unpaired) electrons. The maximum Gasteiger partial charge on any atom is 0.310 e. The highest BCUT2D eigenvalue weighted by Gasteiger charge is 2.16. The summed E-state index contributed by atoms with van der Waals surface area (Å²) < 4.78 is 6.30. The van der Waals surface area contributed by atoms with Crippen LogP contribution in [0.1, 0.15) is 30.2 Å². The SMILES string of the molecule is CCC(C=Cc1ccc(-c2ccc(-c3c(Cc4ccccc4)oc4ccccc34)cc2)cc1)C(=O)O. The van der Waals surface area contributed by atoms with Crippen molar-refractivity contribution in [1.29, 1.82) is 0 Å². The molecule has 4 aromatic carbocycles. The Morgan fingerprint density at radius 3 is 2.08 bits per heavy atom. The number of furan rings is 1. The van der Waals surface area contributed by atoms with Crippen LogP contribution in [0.15, 0.2) is 114 Å². The average Bonchev–Trinajstić information content (AvgIpc) is 3.27. The second-order valence-electron chi connectivity index (χ2n) is 8.97. The van der Waals surface area contributed by atoms with E-state index in [4.69, 9.17) is 4.42 Å². The van der Waals surface area contributed by atoms with Crippen LogP contribution in [-0.4, -0.2) is 11.1 Å². The number of benzene rings is 4. The van der Waals surface area contributed by atoms with Gasteiger partial charge in [0.05, 0.1) is 5.92 Å². The predicted octanol–water partition coefficient (Wildman–Crippen LogP) is 8.48. The van der Waals surface area contributed by atoms with Crippen LogP contribution in [0.2, 0.25) is 0 Å². The van der Waals surface area contributed by atoms with E-state index < -0.39 is 11.9 Å². The van der Waals surface area contributed by atoms with Crippen LogP contribution in [0.3, 0.4) is 0 Å². The van der Waals surface area contributed by atoms with E-state index in [1.54, 1.807) is 6.08 Å². The quantitative estimate of drug-likeness (QED) is 0.246. The van der Waals surface area contributed by atoms with Crippen molar-refractivity contribution in [2.24, 2.45) is 5.92 Å². The fourth-order valence-corrected chi connectivity index (χ4v) is 4.55. The van der Waals surface area contributed by atoms with E-state index in [0.717, 1.165) is 51.0 Å². The summed E-state index contributed by atoms with van der Waals surface area (Å²) in [4.78, 5) is 11.2. The van der Waals surface area contributed by atoms with Crippen molar-refractivity contribution in [2.45, 2.75) is 19.8 Å². The summed E-state index contributed by atoms with van der Waals surface area (Å²) in [6.45, 7) is 1.88. The summed E-state index contributed by atoms with van der Waals surface area (Å²) in [6.07, 6.45) is 4.96. The molecular weight excluding hydrogens is 444 g/mol. The molecule has 1 unspecified atom stereocenters. The van der Waals surface area contributed by atoms with Gasteiger partial charge in [-0.05, 0) is 40.3 Å². The van der Waals surface area contributed by atoms with Gasteiger partial charge in [-0.15, -0.1) is 0 Å². The molecule has 5 aromatic rings. The van der Waals surface area contributed by atoms with Gasteiger partial charge >= 0.3 is 5.97 Å². The molecule has 0 amide bonds. The van der Waals surface area contributed by atoms with E-state index in [1.807, 2.05) is 43.3 Å². The third kappa shape index (κ3) is 5.01. The first-order valence-electron chi connectivity index (χ1n) is 12.3. The Kier molecular flexibility index (Phi) is 6.81. The number of hydrogen-bond acceptors (Lipinski definition) is 2. The van der Waals surface area contributed by atoms with E-state index in [-0.39, 0.29) is 0 Å². The van der Waals surface area contributed by atoms with Gasteiger partial charge < -0.3 is 9.52 Å². The second-order valence-corrected chi connectivity index (χ2v) is 8.97. The lowest BCUT2D eigenvalue weighted by molar-refractivity contribution is -0.140. The zero-order chi connectivity index (χ0) is 24.9. The maximum atomic E-state index is 11.2. The van der Waals surface area contributed by atoms with Crippen LogP contribution in [0.25, 0.3) is 39.3 Å². The monoisotopic (exact) mass is 472 g/mol. The summed E-state index contributed by atoms with van der Waals surface area (Å²) in [5.41, 5.74) is 7.63. The third-order valence-electron chi connectivity index (χ3n) is 6.57. The molecule has 0 aliphatic heterocycles. The molecule has 0 aliphatic carbocycles. The Labute approximate surface area is 211 Å². The molecule has 178 valence electrons. The van der Waals surface area contributed by atoms with E-state index >= 15 is 0 Å². The van der Waals surface area contributed by atoms with Gasteiger partial charge in [0.15, 0.2) is 0 Å². The number of hydrogen-bond donors (Lipinski definition) is 1. The molecule has 0 fully saturated rings. The van der Waals surface area contributed by atoms with Gasteiger partial charge in [-0.25, -0.2) is 0 Å². The van der Waals surface area contributed by atoms with Crippen molar-refractivity contribution < 1.29 is 14.3 Å². The van der Waals surface area contributed by atoms with Gasteiger partial charge in [0.2, 0.25) is 0 Å². The van der Waals surface area contributed by atoms with E-state index in [0.29, 0.717) is 6.42 Å². The van der Waals surface area contributed by atoms with Crippen molar-refractivity contribution in [3.63, 3.8) is 0 Å². The molecule has 3 heteroatoms.